The molecule has 0 saturated carbocycles. The Morgan fingerprint density at radius 2 is 2.19 bits per heavy atom. The molecule has 0 unspecified atom stereocenters. The van der Waals surface area contributed by atoms with Gasteiger partial charge in [0, 0.05) is 6.42 Å². The zero-order valence-electron chi connectivity index (χ0n) is 10.9. The van der Waals surface area contributed by atoms with Gasteiger partial charge in [0.15, 0.2) is 0 Å². The van der Waals surface area contributed by atoms with Gasteiger partial charge < -0.3 is 9.84 Å². The molecule has 8 nitrogen and oxygen atoms in total. The SMILES string of the molecule is COC(=O)CC[C@@H](NS(=O)(=O)c1ccc(C#N)s1)C(=O)O. The predicted molar refractivity (Wildman–Crippen MR) is 72.0 cm³/mol. The molecule has 21 heavy (non-hydrogen) atoms. The fourth-order valence-electron chi connectivity index (χ4n) is 1.37. The summed E-state index contributed by atoms with van der Waals surface area (Å²) in [6.07, 6.45) is -0.471. The summed E-state index contributed by atoms with van der Waals surface area (Å²) in [5.41, 5.74) is 0. The molecular formula is C11H12N2O6S2. The Hall–Kier alpha value is -1.96. The lowest BCUT2D eigenvalue weighted by Crippen LogP contribution is -2.40. The summed E-state index contributed by atoms with van der Waals surface area (Å²) in [6.45, 7) is 0. The van der Waals surface area contributed by atoms with Crippen molar-refractivity contribution in [3.05, 3.63) is 17.0 Å². The molecule has 2 N–H and O–H groups in total. The zero-order valence-corrected chi connectivity index (χ0v) is 12.5. The van der Waals surface area contributed by atoms with Crippen LogP contribution in [0.2, 0.25) is 0 Å². The van der Waals surface area contributed by atoms with E-state index in [-0.39, 0.29) is 21.9 Å². The van der Waals surface area contributed by atoms with Crippen molar-refractivity contribution < 1.29 is 27.9 Å². The highest BCUT2D eigenvalue weighted by Crippen LogP contribution is 2.21. The van der Waals surface area contributed by atoms with Crippen LogP contribution < -0.4 is 4.72 Å². The van der Waals surface area contributed by atoms with Gasteiger partial charge in [0.1, 0.15) is 21.2 Å². The fraction of sp³-hybridized carbons (Fsp3) is 0.364. The number of carbonyl (C=O) groups is 2. The van der Waals surface area contributed by atoms with E-state index in [2.05, 4.69) is 4.74 Å². The Labute approximate surface area is 125 Å². The minimum Gasteiger partial charge on any atom is -0.480 e. The van der Waals surface area contributed by atoms with Crippen LogP contribution >= 0.6 is 11.3 Å². The van der Waals surface area contributed by atoms with Gasteiger partial charge in [-0.3, -0.25) is 9.59 Å². The molecule has 0 radical (unpaired) electrons. The standard InChI is InChI=1S/C11H12N2O6S2/c1-19-9(14)4-3-8(11(15)16)13-21(17,18)10-5-2-7(6-12)20-10/h2,5,8,13H,3-4H2,1H3,(H,15,16)/t8-/m1/s1. The third kappa shape index (κ3) is 4.82. The molecule has 10 heteroatoms. The van der Waals surface area contributed by atoms with Gasteiger partial charge >= 0.3 is 11.9 Å². The first-order valence-corrected chi connectivity index (χ1v) is 7.92. The number of carboxylic acid groups (broad SMARTS) is 1. The van der Waals surface area contributed by atoms with E-state index in [0.717, 1.165) is 18.4 Å². The van der Waals surface area contributed by atoms with Crippen molar-refractivity contribution in [2.24, 2.45) is 0 Å². The highest BCUT2D eigenvalue weighted by atomic mass is 32.2. The first kappa shape index (κ1) is 17.1. The maximum Gasteiger partial charge on any atom is 0.321 e. The molecule has 0 spiro atoms. The van der Waals surface area contributed by atoms with Gasteiger partial charge in [0.05, 0.1) is 7.11 Å². The Kier molecular flexibility index (Phi) is 5.83. The molecule has 1 aromatic rings. The Balaban J connectivity index is 2.85. The second kappa shape index (κ2) is 7.16. The smallest absolute Gasteiger partial charge is 0.321 e. The molecule has 1 atom stereocenters. The summed E-state index contributed by atoms with van der Waals surface area (Å²) in [5, 5.41) is 17.7. The van der Waals surface area contributed by atoms with Crippen molar-refractivity contribution in [3.8, 4) is 6.07 Å². The average Bonchev–Trinajstić information content (AvgIpc) is 2.92. The van der Waals surface area contributed by atoms with Crippen LogP contribution in [0.5, 0.6) is 0 Å². The van der Waals surface area contributed by atoms with Crippen molar-refractivity contribution >= 4 is 33.3 Å². The molecule has 0 bridgehead atoms. The number of aliphatic carboxylic acids is 1. The first-order chi connectivity index (χ1) is 9.80. The molecule has 1 aromatic heterocycles. The van der Waals surface area contributed by atoms with Crippen LogP contribution in [0.1, 0.15) is 17.7 Å². The maximum atomic E-state index is 12.0. The number of carboxylic acids is 1. The molecule has 0 aliphatic rings. The molecule has 1 heterocycles. The summed E-state index contributed by atoms with van der Waals surface area (Å²) in [5.74, 6) is -2.04. The van der Waals surface area contributed by atoms with Crippen LogP contribution in [-0.4, -0.2) is 38.6 Å². The third-order valence-corrected chi connectivity index (χ3v) is 5.37. The van der Waals surface area contributed by atoms with Gasteiger partial charge in [-0.15, -0.1) is 11.3 Å². The number of esters is 1. The van der Waals surface area contributed by atoms with Gasteiger partial charge in [-0.05, 0) is 18.6 Å². The van der Waals surface area contributed by atoms with Crippen molar-refractivity contribution in [1.82, 2.24) is 4.72 Å². The average molecular weight is 332 g/mol. The topological polar surface area (TPSA) is 134 Å². The highest BCUT2D eigenvalue weighted by molar-refractivity contribution is 7.91. The normalized spacial score (nSPS) is 12.4. The molecular weight excluding hydrogens is 320 g/mol. The van der Waals surface area contributed by atoms with Crippen molar-refractivity contribution in [1.29, 1.82) is 5.26 Å². The van der Waals surface area contributed by atoms with Crippen LogP contribution in [0.15, 0.2) is 16.3 Å². The van der Waals surface area contributed by atoms with Crippen molar-refractivity contribution in [3.63, 3.8) is 0 Å². The number of carbonyl (C=O) groups excluding carboxylic acids is 1. The van der Waals surface area contributed by atoms with E-state index in [1.807, 2.05) is 4.72 Å². The van der Waals surface area contributed by atoms with Crippen LogP contribution in [0, 0.1) is 11.3 Å². The lowest BCUT2D eigenvalue weighted by atomic mass is 10.2. The van der Waals surface area contributed by atoms with E-state index in [1.54, 1.807) is 6.07 Å². The number of hydrogen-bond acceptors (Lipinski definition) is 7. The molecule has 114 valence electrons. The van der Waals surface area contributed by atoms with E-state index in [9.17, 15) is 18.0 Å². The van der Waals surface area contributed by atoms with Gasteiger partial charge in [0.25, 0.3) is 10.0 Å². The number of rotatable bonds is 7. The third-order valence-electron chi connectivity index (χ3n) is 2.42. The van der Waals surface area contributed by atoms with E-state index < -0.39 is 28.0 Å². The van der Waals surface area contributed by atoms with Crippen LogP contribution in [-0.2, 0) is 24.3 Å². The number of methoxy groups -OCH3 is 1. The van der Waals surface area contributed by atoms with Gasteiger partial charge in [-0.2, -0.15) is 9.98 Å². The van der Waals surface area contributed by atoms with Crippen molar-refractivity contribution in [2.75, 3.05) is 7.11 Å². The zero-order chi connectivity index (χ0) is 16.0. The first-order valence-electron chi connectivity index (χ1n) is 5.62. The van der Waals surface area contributed by atoms with Crippen LogP contribution in [0.3, 0.4) is 0 Å². The van der Waals surface area contributed by atoms with E-state index in [0.29, 0.717) is 0 Å². The Morgan fingerprint density at radius 3 is 2.67 bits per heavy atom. The van der Waals surface area contributed by atoms with Crippen LogP contribution in [0.25, 0.3) is 0 Å². The lowest BCUT2D eigenvalue weighted by molar-refractivity contribution is -0.142. The minimum absolute atomic E-state index is 0.164. The molecule has 1 rings (SSSR count). The number of thiophene rings is 1. The highest BCUT2D eigenvalue weighted by Gasteiger charge is 2.27. The van der Waals surface area contributed by atoms with E-state index in [4.69, 9.17) is 10.4 Å². The van der Waals surface area contributed by atoms with Gasteiger partial charge in [0.2, 0.25) is 0 Å². The Bertz CT molecular complexity index is 673. The second-order valence-electron chi connectivity index (χ2n) is 3.86. The van der Waals surface area contributed by atoms with Crippen molar-refractivity contribution in [2.45, 2.75) is 23.1 Å². The summed E-state index contributed by atoms with van der Waals surface area (Å²) in [4.78, 5) is 22.2. The molecule has 0 fully saturated rings. The lowest BCUT2D eigenvalue weighted by Gasteiger charge is -2.13. The number of nitrogens with one attached hydrogen (secondary N) is 1. The Morgan fingerprint density at radius 1 is 1.52 bits per heavy atom. The largest absolute Gasteiger partial charge is 0.480 e. The van der Waals surface area contributed by atoms with Crippen LogP contribution in [0.4, 0.5) is 0 Å². The summed E-state index contributed by atoms with van der Waals surface area (Å²) < 4.78 is 30.2. The number of ether oxygens (including phenoxy) is 1. The van der Waals surface area contributed by atoms with E-state index >= 15 is 0 Å². The van der Waals surface area contributed by atoms with Gasteiger partial charge in [-0.25, -0.2) is 8.42 Å². The number of nitrogens with zero attached hydrogens (tertiary/aromatic N) is 1. The maximum absolute atomic E-state index is 12.0. The molecule has 0 aromatic carbocycles. The summed E-state index contributed by atoms with van der Waals surface area (Å²) >= 11 is 0.726. The molecule has 0 aliphatic heterocycles. The molecule has 0 amide bonds. The monoisotopic (exact) mass is 332 g/mol. The summed E-state index contributed by atoms with van der Waals surface area (Å²) in [6, 6.07) is 2.87. The number of nitriles is 1. The number of hydrogen-bond donors (Lipinski definition) is 2. The van der Waals surface area contributed by atoms with E-state index in [1.165, 1.54) is 12.1 Å². The quantitative estimate of drug-likeness (QED) is 0.686. The molecule has 0 saturated heterocycles. The second-order valence-corrected chi connectivity index (χ2v) is 6.88. The van der Waals surface area contributed by atoms with Gasteiger partial charge in [-0.1, -0.05) is 0 Å². The molecule has 0 aliphatic carbocycles. The summed E-state index contributed by atoms with van der Waals surface area (Å²) in [7, 11) is -2.91. The fourth-order valence-corrected chi connectivity index (χ4v) is 3.71. The minimum atomic E-state index is -4.06. The number of sulfonamides is 1. The predicted octanol–water partition coefficient (Wildman–Crippen LogP) is 0.304.